The number of nitrogens with zero attached hydrogens (tertiary/aromatic N) is 4. The number of nitrogens with one attached hydrogen (secondary N) is 1. The van der Waals surface area contributed by atoms with Crippen LogP contribution in [0.25, 0.3) is 0 Å². The van der Waals surface area contributed by atoms with Crippen molar-refractivity contribution in [3.8, 4) is 0 Å². The van der Waals surface area contributed by atoms with Gasteiger partial charge >= 0.3 is 0 Å². The Morgan fingerprint density at radius 2 is 1.74 bits per heavy atom. The number of morpholine rings is 1. The third-order valence-electron chi connectivity index (χ3n) is 6.03. The minimum atomic E-state index is -0.200. The van der Waals surface area contributed by atoms with Gasteiger partial charge in [0.05, 0.1) is 29.6 Å². The average molecular weight is 476 g/mol. The van der Waals surface area contributed by atoms with Gasteiger partial charge in [-0.2, -0.15) is 5.10 Å². The van der Waals surface area contributed by atoms with Gasteiger partial charge in [-0.15, -0.1) is 11.3 Å². The van der Waals surface area contributed by atoms with Crippen LogP contribution in [0.3, 0.4) is 0 Å². The van der Waals surface area contributed by atoms with Crippen LogP contribution in [0.1, 0.15) is 37.6 Å². The van der Waals surface area contributed by atoms with Crippen molar-refractivity contribution < 1.29 is 9.53 Å². The number of rotatable bonds is 6. The number of ether oxygens (including phenoxy) is 1. The molecule has 3 atom stereocenters. The summed E-state index contributed by atoms with van der Waals surface area (Å²) in [5.41, 5.74) is 3.56. The van der Waals surface area contributed by atoms with E-state index < -0.39 is 0 Å². The van der Waals surface area contributed by atoms with Crippen molar-refractivity contribution in [1.29, 1.82) is 0 Å². The standard InChI is InChI=1S/C26H29N5O2S/c1-18-14-30(15-19(2)33-18)16-21-17-34-26(27-21)28-25(32)23-13-24(20-9-5-3-6-10-20)31(29-23)22-11-7-4-8-12-22/h3-12,17-19,24H,13-16H2,1-2H3,(H,27,28,32). The van der Waals surface area contributed by atoms with Gasteiger partial charge in [0.2, 0.25) is 0 Å². The maximum Gasteiger partial charge on any atom is 0.273 e. The number of amides is 1. The molecule has 1 amide bonds. The molecule has 0 bridgehead atoms. The first kappa shape index (κ1) is 22.7. The van der Waals surface area contributed by atoms with Crippen molar-refractivity contribution in [1.82, 2.24) is 9.88 Å². The van der Waals surface area contributed by atoms with Crippen LogP contribution < -0.4 is 10.3 Å². The average Bonchev–Trinajstić information content (AvgIpc) is 3.47. The molecule has 5 rings (SSSR count). The molecule has 2 aliphatic heterocycles. The van der Waals surface area contributed by atoms with Crippen molar-refractivity contribution in [3.63, 3.8) is 0 Å². The van der Waals surface area contributed by atoms with Crippen molar-refractivity contribution in [2.24, 2.45) is 5.10 Å². The van der Waals surface area contributed by atoms with Gasteiger partial charge in [-0.05, 0) is 31.5 Å². The summed E-state index contributed by atoms with van der Waals surface area (Å²) in [5.74, 6) is -0.200. The molecule has 2 aromatic carbocycles. The first-order valence-electron chi connectivity index (χ1n) is 11.7. The monoisotopic (exact) mass is 475 g/mol. The number of carbonyl (C=O) groups is 1. The molecule has 3 heterocycles. The first-order chi connectivity index (χ1) is 16.5. The van der Waals surface area contributed by atoms with E-state index in [0.717, 1.165) is 36.6 Å². The third kappa shape index (κ3) is 5.19. The number of thiazole rings is 1. The maximum atomic E-state index is 13.1. The molecule has 176 valence electrons. The Kier molecular flexibility index (Phi) is 6.71. The molecule has 1 N–H and O–H groups in total. The van der Waals surface area contributed by atoms with E-state index in [0.29, 0.717) is 17.3 Å². The van der Waals surface area contributed by atoms with Crippen molar-refractivity contribution in [3.05, 3.63) is 77.3 Å². The number of anilines is 2. The second-order valence-corrected chi connectivity index (χ2v) is 9.77. The first-order valence-corrected chi connectivity index (χ1v) is 12.5. The molecule has 1 fully saturated rings. The van der Waals surface area contributed by atoms with E-state index in [1.54, 1.807) is 0 Å². The Balaban J connectivity index is 1.28. The largest absolute Gasteiger partial charge is 0.373 e. The van der Waals surface area contributed by atoms with Crippen molar-refractivity contribution >= 4 is 33.8 Å². The van der Waals surface area contributed by atoms with Crippen LogP contribution in [-0.2, 0) is 16.1 Å². The van der Waals surface area contributed by atoms with Crippen molar-refractivity contribution in [2.75, 3.05) is 23.4 Å². The predicted octanol–water partition coefficient (Wildman–Crippen LogP) is 4.70. The number of para-hydroxylation sites is 1. The molecule has 7 nitrogen and oxygen atoms in total. The molecule has 0 spiro atoms. The van der Waals surface area contributed by atoms with Gasteiger partial charge < -0.3 is 4.74 Å². The van der Waals surface area contributed by atoms with Gasteiger partial charge in [-0.3, -0.25) is 20.0 Å². The minimum Gasteiger partial charge on any atom is -0.373 e. The van der Waals surface area contributed by atoms with E-state index in [1.165, 1.54) is 11.3 Å². The van der Waals surface area contributed by atoms with Crippen LogP contribution >= 0.6 is 11.3 Å². The summed E-state index contributed by atoms with van der Waals surface area (Å²) < 4.78 is 5.82. The van der Waals surface area contributed by atoms with E-state index in [9.17, 15) is 4.79 Å². The van der Waals surface area contributed by atoms with Gasteiger partial charge in [-0.25, -0.2) is 4.98 Å². The fraction of sp³-hybridized carbons (Fsp3) is 0.346. The fourth-order valence-corrected chi connectivity index (χ4v) is 5.35. The Bertz CT molecular complexity index is 1140. The zero-order valence-electron chi connectivity index (χ0n) is 19.4. The van der Waals surface area contributed by atoms with E-state index in [-0.39, 0.29) is 24.2 Å². The molecule has 2 aliphatic rings. The normalized spacial score (nSPS) is 23.1. The molecule has 3 aromatic rings. The Morgan fingerprint density at radius 3 is 2.44 bits per heavy atom. The molecule has 0 radical (unpaired) electrons. The van der Waals surface area contributed by atoms with E-state index >= 15 is 0 Å². The van der Waals surface area contributed by atoms with Gasteiger partial charge in [-0.1, -0.05) is 48.5 Å². The summed E-state index contributed by atoms with van der Waals surface area (Å²) in [6, 6.07) is 20.1. The topological polar surface area (TPSA) is 70.1 Å². The number of carbonyl (C=O) groups excluding carboxylic acids is 1. The summed E-state index contributed by atoms with van der Waals surface area (Å²) in [6.45, 7) is 6.72. The molecule has 3 unspecified atom stereocenters. The van der Waals surface area contributed by atoms with Gasteiger partial charge in [0.1, 0.15) is 5.71 Å². The summed E-state index contributed by atoms with van der Waals surface area (Å²) >= 11 is 1.45. The molecule has 1 saturated heterocycles. The fourth-order valence-electron chi connectivity index (χ4n) is 4.65. The third-order valence-corrected chi connectivity index (χ3v) is 6.84. The highest BCUT2D eigenvalue weighted by Gasteiger charge is 2.32. The van der Waals surface area contributed by atoms with Crippen LogP contribution in [0.4, 0.5) is 10.8 Å². The van der Waals surface area contributed by atoms with E-state index in [4.69, 9.17) is 9.84 Å². The molecule has 8 heteroatoms. The van der Waals surface area contributed by atoms with Gasteiger partial charge in [0, 0.05) is 31.4 Å². The number of hydrazone groups is 1. The van der Waals surface area contributed by atoms with E-state index in [2.05, 4.69) is 41.2 Å². The van der Waals surface area contributed by atoms with E-state index in [1.807, 2.05) is 58.9 Å². The van der Waals surface area contributed by atoms with Gasteiger partial charge in [0.15, 0.2) is 5.13 Å². The minimum absolute atomic E-state index is 0.0264. The Hall–Kier alpha value is -3.07. The summed E-state index contributed by atoms with van der Waals surface area (Å²) in [6.07, 6.45) is 0.964. The lowest BCUT2D eigenvalue weighted by molar-refractivity contribution is -0.110. The molecular formula is C26H29N5O2S. The number of hydrogen-bond donors (Lipinski definition) is 1. The SMILES string of the molecule is CC1CN(Cc2csc(NC(=O)C3=NN(c4ccccc4)C(c4ccccc4)C3)n2)CC(C)O1. The molecule has 0 aliphatic carbocycles. The highest BCUT2D eigenvalue weighted by Crippen LogP contribution is 2.35. The van der Waals surface area contributed by atoms with Crippen molar-refractivity contribution in [2.45, 2.75) is 45.1 Å². The number of hydrogen-bond acceptors (Lipinski definition) is 7. The Morgan fingerprint density at radius 1 is 1.06 bits per heavy atom. The predicted molar refractivity (Wildman–Crippen MR) is 136 cm³/mol. The van der Waals surface area contributed by atoms with Crippen LogP contribution in [0.5, 0.6) is 0 Å². The van der Waals surface area contributed by atoms with Crippen LogP contribution in [0, 0.1) is 0 Å². The second-order valence-electron chi connectivity index (χ2n) is 8.91. The van der Waals surface area contributed by atoms with Gasteiger partial charge in [0.25, 0.3) is 5.91 Å². The molecule has 34 heavy (non-hydrogen) atoms. The number of benzene rings is 2. The zero-order chi connectivity index (χ0) is 23.5. The summed E-state index contributed by atoms with van der Waals surface area (Å²) in [7, 11) is 0. The molecule has 1 aromatic heterocycles. The molecular weight excluding hydrogens is 446 g/mol. The zero-order valence-corrected chi connectivity index (χ0v) is 20.2. The number of aromatic nitrogens is 1. The van der Waals surface area contributed by atoms with Crippen LogP contribution in [0.2, 0.25) is 0 Å². The van der Waals surface area contributed by atoms with Crippen LogP contribution in [0.15, 0.2) is 71.1 Å². The second kappa shape index (κ2) is 10.0. The lowest BCUT2D eigenvalue weighted by Gasteiger charge is -2.34. The highest BCUT2D eigenvalue weighted by molar-refractivity contribution is 7.14. The molecule has 0 saturated carbocycles. The highest BCUT2D eigenvalue weighted by atomic mass is 32.1. The van der Waals surface area contributed by atoms with Crippen LogP contribution in [-0.4, -0.2) is 46.8 Å². The summed E-state index contributed by atoms with van der Waals surface area (Å²) in [5, 5.41) is 12.3. The quantitative estimate of drug-likeness (QED) is 0.560. The lowest BCUT2D eigenvalue weighted by Crippen LogP contribution is -2.44. The Labute approximate surface area is 204 Å². The maximum absolute atomic E-state index is 13.1. The summed E-state index contributed by atoms with van der Waals surface area (Å²) in [4.78, 5) is 20.1. The smallest absolute Gasteiger partial charge is 0.273 e. The lowest BCUT2D eigenvalue weighted by atomic mass is 10.0.